The fourth-order valence-electron chi connectivity index (χ4n) is 1.11. The van der Waals surface area contributed by atoms with Crippen molar-refractivity contribution in [2.24, 2.45) is 0 Å². The molecule has 13 heavy (non-hydrogen) atoms. The molecular weight excluding hydrogens is 168 g/mol. The quantitative estimate of drug-likeness (QED) is 0.712. The van der Waals surface area contributed by atoms with E-state index in [1.165, 1.54) is 0 Å². The molecule has 0 atom stereocenters. The van der Waals surface area contributed by atoms with E-state index < -0.39 is 5.97 Å². The molecule has 0 radical (unpaired) electrons. The number of likely N-dealkylation sites (N-methyl/N-ethyl adjacent to an activating group) is 1. The van der Waals surface area contributed by atoms with E-state index in [1.807, 2.05) is 24.4 Å². The Hall–Kier alpha value is -1.42. The predicted octanol–water partition coefficient (Wildman–Crippen LogP) is 0.0171. The summed E-state index contributed by atoms with van der Waals surface area (Å²) in [5, 5.41) is 8.51. The van der Waals surface area contributed by atoms with Gasteiger partial charge >= 0.3 is 5.97 Å². The number of hydrogen-bond donors (Lipinski definition) is 1. The smallest absolute Gasteiger partial charge is 0.317 e. The Labute approximate surface area is 76.8 Å². The molecule has 2 N–H and O–H groups in total. The monoisotopic (exact) mass is 181 g/mol. The molecule has 70 valence electrons. The summed E-state index contributed by atoms with van der Waals surface area (Å²) in [6.45, 7) is 0.676. The van der Waals surface area contributed by atoms with E-state index in [2.05, 4.69) is 4.98 Å². The van der Waals surface area contributed by atoms with Crippen molar-refractivity contribution in [1.82, 2.24) is 4.90 Å². The van der Waals surface area contributed by atoms with Gasteiger partial charge in [-0.2, -0.15) is 0 Å². The normalized spacial score (nSPS) is 10.3. The number of aliphatic carboxylic acids is 1. The summed E-state index contributed by atoms with van der Waals surface area (Å²) in [6, 6.07) is 5.74. The zero-order valence-electron chi connectivity index (χ0n) is 7.53. The maximum absolute atomic E-state index is 10.3. The van der Waals surface area contributed by atoms with Crippen LogP contribution in [0.2, 0.25) is 0 Å². The molecule has 4 heteroatoms. The lowest BCUT2D eigenvalue weighted by Gasteiger charge is -2.09. The zero-order chi connectivity index (χ0) is 9.68. The molecule has 0 unspecified atom stereocenters. The first-order chi connectivity index (χ1) is 6.18. The topological polar surface area (TPSA) is 54.7 Å². The van der Waals surface area contributed by atoms with Gasteiger partial charge in [-0.3, -0.25) is 9.69 Å². The van der Waals surface area contributed by atoms with Crippen LogP contribution < -0.4 is 4.98 Å². The third-order valence-electron chi connectivity index (χ3n) is 1.62. The highest BCUT2D eigenvalue weighted by molar-refractivity contribution is 5.68. The van der Waals surface area contributed by atoms with Gasteiger partial charge in [0.2, 0.25) is 0 Å². The first kappa shape index (κ1) is 9.67. The van der Waals surface area contributed by atoms with Gasteiger partial charge in [-0.1, -0.05) is 6.07 Å². The molecule has 0 aromatic carbocycles. The van der Waals surface area contributed by atoms with Crippen LogP contribution in [0.25, 0.3) is 0 Å². The molecule has 4 nitrogen and oxygen atoms in total. The number of hydrogen-bond acceptors (Lipinski definition) is 2. The minimum atomic E-state index is -0.807. The Morgan fingerprint density at radius 1 is 1.62 bits per heavy atom. The number of carboxylic acid groups (broad SMARTS) is 1. The van der Waals surface area contributed by atoms with E-state index >= 15 is 0 Å². The Morgan fingerprint density at radius 3 is 2.92 bits per heavy atom. The molecule has 0 spiro atoms. The van der Waals surface area contributed by atoms with Crippen LogP contribution in [-0.2, 0) is 11.3 Å². The van der Waals surface area contributed by atoms with Crippen molar-refractivity contribution in [2.75, 3.05) is 13.6 Å². The largest absolute Gasteiger partial charge is 0.480 e. The molecule has 1 aromatic heterocycles. The fraction of sp³-hybridized carbons (Fsp3) is 0.333. The van der Waals surface area contributed by atoms with Crippen LogP contribution in [-0.4, -0.2) is 29.6 Å². The van der Waals surface area contributed by atoms with Gasteiger partial charge in [-0.25, -0.2) is 4.98 Å². The van der Waals surface area contributed by atoms with Crippen LogP contribution in [0, 0.1) is 0 Å². The highest BCUT2D eigenvalue weighted by Gasteiger charge is 2.07. The van der Waals surface area contributed by atoms with Crippen molar-refractivity contribution in [3.05, 3.63) is 30.1 Å². The van der Waals surface area contributed by atoms with Crippen LogP contribution in [0.5, 0.6) is 0 Å². The highest BCUT2D eigenvalue weighted by atomic mass is 16.4. The predicted molar refractivity (Wildman–Crippen MR) is 47.0 cm³/mol. The van der Waals surface area contributed by atoms with Gasteiger partial charge in [0, 0.05) is 12.1 Å². The number of carboxylic acids is 1. The maximum atomic E-state index is 10.3. The summed E-state index contributed by atoms with van der Waals surface area (Å²) in [5.41, 5.74) is 1.01. The summed E-state index contributed by atoms with van der Waals surface area (Å²) in [6.07, 6.45) is 1.82. The van der Waals surface area contributed by atoms with Crippen molar-refractivity contribution >= 4 is 5.97 Å². The minimum absolute atomic E-state index is 0.0583. The van der Waals surface area contributed by atoms with E-state index in [0.29, 0.717) is 6.54 Å². The summed E-state index contributed by atoms with van der Waals surface area (Å²) >= 11 is 0. The fourth-order valence-corrected chi connectivity index (χ4v) is 1.11. The third-order valence-corrected chi connectivity index (χ3v) is 1.62. The van der Waals surface area contributed by atoms with Crippen molar-refractivity contribution in [1.29, 1.82) is 0 Å². The minimum Gasteiger partial charge on any atom is -0.480 e. The number of H-pyrrole nitrogens is 1. The lowest BCUT2D eigenvalue weighted by molar-refractivity contribution is -0.392. The van der Waals surface area contributed by atoms with E-state index in [-0.39, 0.29) is 6.54 Å². The molecule has 0 amide bonds. The van der Waals surface area contributed by atoms with Gasteiger partial charge in [0.15, 0.2) is 11.9 Å². The Bertz CT molecular complexity index is 274. The molecule has 0 bridgehead atoms. The number of pyridine rings is 1. The Balaban J connectivity index is 2.45. The molecule has 0 saturated heterocycles. The molecular formula is C9H13N2O2+. The number of aromatic amines is 1. The lowest BCUT2D eigenvalue weighted by atomic mass is 10.3. The summed E-state index contributed by atoms with van der Waals surface area (Å²) < 4.78 is 0. The standard InChI is InChI=1S/C9H12N2O2/c1-11(7-9(12)13)6-8-4-2-3-5-10-8/h2-5H,6-7H2,1H3,(H,12,13)/p+1. The second-order valence-electron chi connectivity index (χ2n) is 2.95. The van der Waals surface area contributed by atoms with Gasteiger partial charge in [0.1, 0.15) is 0 Å². The summed E-state index contributed by atoms with van der Waals surface area (Å²) in [7, 11) is 1.77. The molecule has 0 saturated carbocycles. The van der Waals surface area contributed by atoms with E-state index in [0.717, 1.165) is 5.69 Å². The Morgan fingerprint density at radius 2 is 2.38 bits per heavy atom. The van der Waals surface area contributed by atoms with E-state index in [1.54, 1.807) is 11.9 Å². The first-order valence-electron chi connectivity index (χ1n) is 4.04. The van der Waals surface area contributed by atoms with Crippen LogP contribution in [0.3, 0.4) is 0 Å². The average Bonchev–Trinajstić information content (AvgIpc) is 2.04. The van der Waals surface area contributed by atoms with Crippen LogP contribution >= 0.6 is 0 Å². The lowest BCUT2D eigenvalue weighted by Crippen LogP contribution is -2.28. The SMILES string of the molecule is CN(CC(=O)O)Cc1cccc[nH+]1. The molecule has 0 fully saturated rings. The van der Waals surface area contributed by atoms with Gasteiger partial charge in [0.25, 0.3) is 0 Å². The number of carbonyl (C=O) groups is 1. The second-order valence-corrected chi connectivity index (χ2v) is 2.95. The van der Waals surface area contributed by atoms with Crippen molar-refractivity contribution in [3.8, 4) is 0 Å². The van der Waals surface area contributed by atoms with Gasteiger partial charge < -0.3 is 5.11 Å². The van der Waals surface area contributed by atoms with Crippen molar-refractivity contribution < 1.29 is 14.9 Å². The van der Waals surface area contributed by atoms with Gasteiger partial charge in [0.05, 0.1) is 13.1 Å². The van der Waals surface area contributed by atoms with Crippen LogP contribution in [0.1, 0.15) is 5.69 Å². The second kappa shape index (κ2) is 4.57. The molecule has 0 aliphatic heterocycles. The molecule has 1 aromatic rings. The van der Waals surface area contributed by atoms with Gasteiger partial charge in [-0.15, -0.1) is 0 Å². The maximum Gasteiger partial charge on any atom is 0.317 e. The van der Waals surface area contributed by atoms with Gasteiger partial charge in [-0.05, 0) is 7.05 Å². The van der Waals surface area contributed by atoms with Crippen molar-refractivity contribution in [3.63, 3.8) is 0 Å². The van der Waals surface area contributed by atoms with E-state index in [4.69, 9.17) is 5.11 Å². The average molecular weight is 181 g/mol. The molecule has 1 rings (SSSR count). The summed E-state index contributed by atoms with van der Waals surface area (Å²) in [5.74, 6) is -0.807. The molecule has 1 heterocycles. The molecule has 0 aliphatic rings. The summed E-state index contributed by atoms with van der Waals surface area (Å²) in [4.78, 5) is 15.1. The number of nitrogens with zero attached hydrogens (tertiary/aromatic N) is 1. The van der Waals surface area contributed by atoms with Crippen LogP contribution in [0.4, 0.5) is 0 Å². The number of rotatable bonds is 4. The zero-order valence-corrected chi connectivity index (χ0v) is 7.53. The van der Waals surface area contributed by atoms with Crippen molar-refractivity contribution in [2.45, 2.75) is 6.54 Å². The third kappa shape index (κ3) is 3.66. The van der Waals surface area contributed by atoms with Crippen LogP contribution in [0.15, 0.2) is 24.4 Å². The number of nitrogens with one attached hydrogen (secondary N) is 1. The highest BCUT2D eigenvalue weighted by Crippen LogP contribution is 1.94. The molecule has 0 aliphatic carbocycles. The Kier molecular flexibility index (Phi) is 3.40. The first-order valence-corrected chi connectivity index (χ1v) is 4.04. The van der Waals surface area contributed by atoms with E-state index in [9.17, 15) is 4.79 Å². The number of aromatic nitrogens is 1.